The van der Waals surface area contributed by atoms with Crippen LogP contribution >= 0.6 is 0 Å². The molecule has 1 N–H and O–H groups in total. The van der Waals surface area contributed by atoms with Crippen molar-refractivity contribution in [3.05, 3.63) is 66.5 Å². The molecule has 3 heterocycles. The number of nitrogens with zero attached hydrogens (tertiary/aromatic N) is 5. The van der Waals surface area contributed by atoms with Gasteiger partial charge in [-0.15, -0.1) is 0 Å². The van der Waals surface area contributed by atoms with Crippen molar-refractivity contribution in [3.8, 4) is 16.9 Å². The topological polar surface area (TPSA) is 82.9 Å². The quantitative estimate of drug-likeness (QED) is 0.408. The number of amides is 2. The Labute approximate surface area is 254 Å². The van der Waals surface area contributed by atoms with Crippen LogP contribution in [0, 0.1) is 5.92 Å². The molecule has 1 saturated carbocycles. The van der Waals surface area contributed by atoms with Crippen LogP contribution in [0.3, 0.4) is 0 Å². The lowest BCUT2D eigenvalue weighted by Crippen LogP contribution is -2.54. The number of ether oxygens (including phenoxy) is 1. The molecule has 2 saturated heterocycles. The van der Waals surface area contributed by atoms with Crippen LogP contribution < -0.4 is 15.0 Å². The third kappa shape index (κ3) is 6.88. The molecule has 228 valence electrons. The first-order valence-electron chi connectivity index (χ1n) is 15.7. The van der Waals surface area contributed by atoms with E-state index in [0.29, 0.717) is 38.0 Å². The highest BCUT2D eigenvalue weighted by atomic mass is 16.5. The summed E-state index contributed by atoms with van der Waals surface area (Å²) in [6.45, 7) is 8.94. The number of nitrogens with one attached hydrogen (secondary N) is 1. The third-order valence-corrected chi connectivity index (χ3v) is 8.86. The summed E-state index contributed by atoms with van der Waals surface area (Å²) in [5.74, 6) is 0.904. The highest BCUT2D eigenvalue weighted by Crippen LogP contribution is 2.34. The molecular formula is C34H44N6O3. The van der Waals surface area contributed by atoms with E-state index in [1.807, 2.05) is 61.1 Å². The Balaban J connectivity index is 1.10. The second-order valence-corrected chi connectivity index (χ2v) is 12.7. The zero-order valence-corrected chi connectivity index (χ0v) is 25.7. The van der Waals surface area contributed by atoms with Gasteiger partial charge in [0.1, 0.15) is 5.75 Å². The van der Waals surface area contributed by atoms with Gasteiger partial charge in [0.15, 0.2) is 5.60 Å². The van der Waals surface area contributed by atoms with Crippen LogP contribution in [0.1, 0.15) is 45.1 Å². The maximum absolute atomic E-state index is 13.9. The molecule has 1 aromatic heterocycles. The van der Waals surface area contributed by atoms with Crippen molar-refractivity contribution in [3.63, 3.8) is 0 Å². The number of piperidine rings is 1. The van der Waals surface area contributed by atoms with Gasteiger partial charge in [0.25, 0.3) is 5.91 Å². The van der Waals surface area contributed by atoms with Crippen LogP contribution in [0.25, 0.3) is 11.1 Å². The molecule has 6 rings (SSSR count). The lowest BCUT2D eigenvalue weighted by atomic mass is 9.95. The van der Waals surface area contributed by atoms with Crippen LogP contribution in [0.15, 0.2) is 60.9 Å². The number of aryl methyl sites for hydroxylation is 1. The Morgan fingerprint density at radius 3 is 2.49 bits per heavy atom. The van der Waals surface area contributed by atoms with Gasteiger partial charge in [-0.1, -0.05) is 30.3 Å². The maximum Gasteiger partial charge on any atom is 0.266 e. The third-order valence-electron chi connectivity index (χ3n) is 8.86. The van der Waals surface area contributed by atoms with Gasteiger partial charge in [0.05, 0.1) is 12.1 Å². The predicted octanol–water partition coefficient (Wildman–Crippen LogP) is 4.08. The number of piperazine rings is 1. The van der Waals surface area contributed by atoms with Crippen LogP contribution in [-0.4, -0.2) is 82.3 Å². The fourth-order valence-electron chi connectivity index (χ4n) is 6.32. The van der Waals surface area contributed by atoms with Gasteiger partial charge in [0, 0.05) is 82.4 Å². The number of anilines is 1. The Morgan fingerprint density at radius 1 is 1.02 bits per heavy atom. The standard InChI is InChI=1S/C34H44N6O3/c1-34(2,33(42)38-18-15-35-16-19-38)43-31-8-4-7-30(20-31)39-17-5-6-27(24-39)32(41)40(29-13-14-29)22-25-9-11-26(12-10-25)28-21-36-37(3)23-28/h4,7-12,20-21,23,27,29,35H,5-6,13-19,22,24H2,1-3H3/t27-/m1/s1. The molecule has 0 spiro atoms. The fraction of sp³-hybridized carbons (Fsp3) is 0.500. The number of carbonyl (C=O) groups is 2. The highest BCUT2D eigenvalue weighted by molar-refractivity contribution is 5.85. The van der Waals surface area contributed by atoms with Crippen LogP contribution in [0.5, 0.6) is 5.75 Å². The van der Waals surface area contributed by atoms with Gasteiger partial charge in [-0.3, -0.25) is 14.3 Å². The van der Waals surface area contributed by atoms with Gasteiger partial charge in [0.2, 0.25) is 5.91 Å². The second-order valence-electron chi connectivity index (χ2n) is 12.7. The van der Waals surface area contributed by atoms with E-state index in [2.05, 4.69) is 50.5 Å². The molecule has 1 aliphatic carbocycles. The summed E-state index contributed by atoms with van der Waals surface area (Å²) in [7, 11) is 1.92. The minimum absolute atomic E-state index is 0.00918. The fourth-order valence-corrected chi connectivity index (χ4v) is 6.32. The summed E-state index contributed by atoms with van der Waals surface area (Å²) >= 11 is 0. The number of aromatic nitrogens is 2. The number of benzene rings is 2. The van der Waals surface area contributed by atoms with E-state index < -0.39 is 5.60 Å². The van der Waals surface area contributed by atoms with Crippen LogP contribution in [0.2, 0.25) is 0 Å². The summed E-state index contributed by atoms with van der Waals surface area (Å²) in [5, 5.41) is 7.57. The number of rotatable bonds is 9. The Kier molecular flexibility index (Phi) is 8.43. The van der Waals surface area contributed by atoms with E-state index in [1.54, 1.807) is 0 Å². The Morgan fingerprint density at radius 2 is 1.79 bits per heavy atom. The first-order valence-corrected chi connectivity index (χ1v) is 15.7. The van der Waals surface area contributed by atoms with Crippen molar-refractivity contribution in [2.45, 2.75) is 57.7 Å². The van der Waals surface area contributed by atoms with E-state index >= 15 is 0 Å². The lowest BCUT2D eigenvalue weighted by molar-refractivity contribution is -0.146. The lowest BCUT2D eigenvalue weighted by Gasteiger charge is -2.37. The average molecular weight is 585 g/mol. The van der Waals surface area contributed by atoms with Gasteiger partial charge in [-0.25, -0.2) is 0 Å². The summed E-state index contributed by atoms with van der Waals surface area (Å²) in [6.07, 6.45) is 7.92. The predicted molar refractivity (Wildman–Crippen MR) is 168 cm³/mol. The molecule has 9 heteroatoms. The van der Waals surface area contributed by atoms with E-state index in [0.717, 1.165) is 67.7 Å². The summed E-state index contributed by atoms with van der Waals surface area (Å²) in [6, 6.07) is 16.8. The van der Waals surface area contributed by atoms with Gasteiger partial charge < -0.3 is 24.8 Å². The highest BCUT2D eigenvalue weighted by Gasteiger charge is 2.38. The van der Waals surface area contributed by atoms with Crippen molar-refractivity contribution in [1.82, 2.24) is 24.9 Å². The molecule has 0 radical (unpaired) electrons. The molecule has 2 amide bonds. The van der Waals surface area contributed by atoms with Crippen molar-refractivity contribution >= 4 is 17.5 Å². The molecule has 43 heavy (non-hydrogen) atoms. The summed E-state index contributed by atoms with van der Waals surface area (Å²) in [4.78, 5) is 33.4. The van der Waals surface area contributed by atoms with Crippen molar-refractivity contribution in [1.29, 1.82) is 0 Å². The SMILES string of the molecule is Cn1cc(-c2ccc(CN(C(=O)[C@@H]3CCCN(c4cccc(OC(C)(C)C(=O)N5CCNCC5)c4)C3)C3CC3)cc2)cn1. The van der Waals surface area contributed by atoms with Gasteiger partial charge >= 0.3 is 0 Å². The van der Waals surface area contributed by atoms with E-state index in [4.69, 9.17) is 4.74 Å². The minimum atomic E-state index is -0.961. The first-order chi connectivity index (χ1) is 20.8. The van der Waals surface area contributed by atoms with Crippen molar-refractivity contribution in [2.24, 2.45) is 13.0 Å². The molecule has 1 atom stereocenters. The molecule has 3 aromatic rings. The minimum Gasteiger partial charge on any atom is -0.478 e. The zero-order valence-electron chi connectivity index (χ0n) is 25.7. The Bertz CT molecular complexity index is 1420. The molecule has 3 aliphatic rings. The zero-order chi connectivity index (χ0) is 30.0. The van der Waals surface area contributed by atoms with Gasteiger partial charge in [-0.2, -0.15) is 5.10 Å². The molecule has 9 nitrogen and oxygen atoms in total. The monoisotopic (exact) mass is 584 g/mol. The summed E-state index contributed by atoms with van der Waals surface area (Å²) < 4.78 is 8.10. The number of hydrogen-bond donors (Lipinski definition) is 1. The molecule has 3 fully saturated rings. The van der Waals surface area contributed by atoms with Gasteiger partial charge in [-0.05, 0) is 62.8 Å². The molecule has 0 bridgehead atoms. The summed E-state index contributed by atoms with van der Waals surface area (Å²) in [5.41, 5.74) is 3.45. The van der Waals surface area contributed by atoms with Crippen molar-refractivity contribution in [2.75, 3.05) is 44.2 Å². The molecule has 2 aliphatic heterocycles. The van der Waals surface area contributed by atoms with E-state index in [1.165, 1.54) is 0 Å². The largest absolute Gasteiger partial charge is 0.478 e. The van der Waals surface area contributed by atoms with Crippen molar-refractivity contribution < 1.29 is 14.3 Å². The van der Waals surface area contributed by atoms with Crippen LogP contribution in [-0.2, 0) is 23.2 Å². The maximum atomic E-state index is 13.9. The van der Waals surface area contributed by atoms with E-state index in [9.17, 15) is 9.59 Å². The smallest absolute Gasteiger partial charge is 0.266 e. The van der Waals surface area contributed by atoms with E-state index in [-0.39, 0.29) is 17.7 Å². The first kappa shape index (κ1) is 29.2. The number of carbonyl (C=O) groups excluding carboxylic acids is 2. The second kappa shape index (κ2) is 12.4. The molecule has 2 aromatic carbocycles. The normalized spacial score (nSPS) is 19.3. The average Bonchev–Trinajstić information content (AvgIpc) is 3.78. The Hall–Kier alpha value is -3.85. The number of hydrogen-bond acceptors (Lipinski definition) is 6. The molecular weight excluding hydrogens is 540 g/mol. The molecule has 0 unspecified atom stereocenters. The van der Waals surface area contributed by atoms with Crippen LogP contribution in [0.4, 0.5) is 5.69 Å².